The molecule has 0 radical (unpaired) electrons. The van der Waals surface area contributed by atoms with Crippen molar-refractivity contribution in [2.45, 2.75) is 60.9 Å². The monoisotopic (exact) mass is 555 g/mol. The van der Waals surface area contributed by atoms with Gasteiger partial charge in [0.15, 0.2) is 0 Å². The van der Waals surface area contributed by atoms with Gasteiger partial charge in [-0.1, -0.05) is 30.0 Å². The molecule has 7 rings (SSSR count). The number of urea groups is 1. The third kappa shape index (κ3) is 4.61. The second kappa shape index (κ2) is 10.1. The minimum absolute atomic E-state index is 0.0443. The summed E-state index contributed by atoms with van der Waals surface area (Å²) in [4.78, 5) is 35.6. The number of aromatic nitrogens is 1. The van der Waals surface area contributed by atoms with Gasteiger partial charge in [-0.05, 0) is 93.6 Å². The van der Waals surface area contributed by atoms with Crippen LogP contribution in [-0.4, -0.2) is 53.3 Å². The molecule has 1 aromatic heterocycles. The highest BCUT2D eigenvalue weighted by molar-refractivity contribution is 8.01. The van der Waals surface area contributed by atoms with Gasteiger partial charge in [-0.2, -0.15) is 0 Å². The number of carbonyl (C=O) groups excluding carboxylic acids is 2. The summed E-state index contributed by atoms with van der Waals surface area (Å²) >= 11 is 1.44. The summed E-state index contributed by atoms with van der Waals surface area (Å²) in [5.41, 5.74) is 4.63. The fourth-order valence-electron chi connectivity index (χ4n) is 6.21. The number of piperidine rings is 1. The molecule has 3 aromatic rings. The zero-order valence-corrected chi connectivity index (χ0v) is 23.5. The Labute approximate surface area is 238 Å². The van der Waals surface area contributed by atoms with Crippen LogP contribution in [0, 0.1) is 6.92 Å². The number of likely N-dealkylation sites (tertiary alicyclic amines) is 1. The van der Waals surface area contributed by atoms with Crippen molar-refractivity contribution in [3.05, 3.63) is 71.4 Å². The van der Waals surface area contributed by atoms with Crippen molar-refractivity contribution in [1.82, 2.24) is 20.5 Å². The van der Waals surface area contributed by atoms with Gasteiger partial charge in [0.2, 0.25) is 5.91 Å². The smallest absolute Gasteiger partial charge is 0.327 e. The third-order valence-corrected chi connectivity index (χ3v) is 9.60. The van der Waals surface area contributed by atoms with Crippen molar-refractivity contribution in [3.63, 3.8) is 0 Å². The van der Waals surface area contributed by atoms with E-state index in [1.807, 2.05) is 43.3 Å². The number of aryl methyl sites for hydroxylation is 1. The molecule has 4 heterocycles. The average Bonchev–Trinajstić information content (AvgIpc) is 3.72. The van der Waals surface area contributed by atoms with E-state index in [1.54, 1.807) is 11.1 Å². The van der Waals surface area contributed by atoms with E-state index in [0.717, 1.165) is 65.0 Å². The molecule has 2 N–H and O–H groups in total. The number of rotatable bonds is 6. The molecule has 3 atom stereocenters. The number of carbonyl (C=O) groups is 2. The minimum atomic E-state index is -0.453. The Hall–Kier alpha value is -3.56. The van der Waals surface area contributed by atoms with Gasteiger partial charge in [0.1, 0.15) is 21.8 Å². The molecular formula is C31H33N5O3S. The Balaban J connectivity index is 1.14. The molecule has 1 saturated carbocycles. The molecule has 0 spiro atoms. The van der Waals surface area contributed by atoms with Gasteiger partial charge in [0.05, 0.1) is 17.4 Å². The van der Waals surface area contributed by atoms with Gasteiger partial charge >= 0.3 is 6.03 Å². The maximum absolute atomic E-state index is 13.6. The number of hydrogen-bond acceptors (Lipinski definition) is 6. The Bertz CT molecular complexity index is 1490. The highest BCUT2D eigenvalue weighted by atomic mass is 32.2. The van der Waals surface area contributed by atoms with Crippen LogP contribution in [0.3, 0.4) is 0 Å². The van der Waals surface area contributed by atoms with Crippen molar-refractivity contribution in [1.29, 1.82) is 0 Å². The molecule has 1 saturated heterocycles. The Kier molecular flexibility index (Phi) is 6.43. The Morgan fingerprint density at radius 1 is 1.12 bits per heavy atom. The molecule has 40 heavy (non-hydrogen) atoms. The summed E-state index contributed by atoms with van der Waals surface area (Å²) in [5.74, 6) is 2.18. The average molecular weight is 556 g/mol. The third-order valence-electron chi connectivity index (χ3n) is 8.31. The number of benzene rings is 2. The van der Waals surface area contributed by atoms with Gasteiger partial charge in [-0.3, -0.25) is 9.69 Å². The lowest BCUT2D eigenvalue weighted by Crippen LogP contribution is -2.52. The first kappa shape index (κ1) is 25.4. The van der Waals surface area contributed by atoms with Crippen molar-refractivity contribution in [2.24, 2.45) is 0 Å². The molecule has 1 aliphatic carbocycles. The van der Waals surface area contributed by atoms with E-state index < -0.39 is 11.3 Å². The zero-order chi connectivity index (χ0) is 27.4. The van der Waals surface area contributed by atoms with E-state index in [-0.39, 0.29) is 18.0 Å². The number of ether oxygens (including phenoxy) is 1. The number of para-hydroxylation sites is 1. The molecule has 2 aromatic carbocycles. The van der Waals surface area contributed by atoms with Crippen LogP contribution in [0.5, 0.6) is 11.5 Å². The van der Waals surface area contributed by atoms with Crippen LogP contribution in [-0.2, 0) is 4.79 Å². The number of thioether (sulfide) groups is 1. The zero-order valence-electron chi connectivity index (χ0n) is 22.7. The Morgan fingerprint density at radius 2 is 1.98 bits per heavy atom. The summed E-state index contributed by atoms with van der Waals surface area (Å²) in [7, 11) is 2.08. The molecule has 206 valence electrons. The highest BCUT2D eigenvalue weighted by Gasteiger charge is 2.47. The van der Waals surface area contributed by atoms with Gasteiger partial charge in [0, 0.05) is 24.3 Å². The standard InChI is InChI=1S/C31H33N5O3S/c1-18-16-21(39-25-8-4-3-7-22(25)19-9-10-19)11-12-23(18)36-24-13-14-32-30-26(24)27(34-31(36)38)28(40-30)29(37)33-20-6-5-15-35(2)17-20/h3-4,7-8,11-14,16,19-20,27-28H,5-6,9-10,15,17H2,1-2H3,(H,33,37)(H,34,38)/t20?,27?,28-/m1/s1. The molecular weight excluding hydrogens is 522 g/mol. The van der Waals surface area contributed by atoms with Crippen LogP contribution < -0.4 is 20.3 Å². The molecule has 3 aliphatic heterocycles. The van der Waals surface area contributed by atoms with Crippen molar-refractivity contribution < 1.29 is 14.3 Å². The van der Waals surface area contributed by atoms with Crippen LogP contribution in [0.15, 0.2) is 59.8 Å². The number of amides is 3. The minimum Gasteiger partial charge on any atom is -0.457 e. The first-order valence-electron chi connectivity index (χ1n) is 14.1. The van der Waals surface area contributed by atoms with E-state index in [4.69, 9.17) is 4.74 Å². The maximum atomic E-state index is 13.6. The first-order chi connectivity index (χ1) is 19.5. The number of nitrogens with one attached hydrogen (secondary N) is 2. The Morgan fingerprint density at radius 3 is 2.77 bits per heavy atom. The summed E-state index contributed by atoms with van der Waals surface area (Å²) in [6.07, 6.45) is 6.18. The summed E-state index contributed by atoms with van der Waals surface area (Å²) in [6.45, 7) is 3.88. The number of nitrogens with zero attached hydrogens (tertiary/aromatic N) is 3. The van der Waals surface area contributed by atoms with Gasteiger partial charge in [-0.15, -0.1) is 0 Å². The van der Waals surface area contributed by atoms with E-state index in [1.165, 1.54) is 30.2 Å². The van der Waals surface area contributed by atoms with E-state index in [2.05, 4.69) is 39.7 Å². The topological polar surface area (TPSA) is 86.8 Å². The first-order valence-corrected chi connectivity index (χ1v) is 15.0. The molecule has 2 unspecified atom stereocenters. The van der Waals surface area contributed by atoms with Gasteiger partial charge < -0.3 is 20.3 Å². The number of likely N-dealkylation sites (N-methyl/N-ethyl adjacent to an activating group) is 1. The summed E-state index contributed by atoms with van der Waals surface area (Å²) in [6, 6.07) is 15.4. The molecule has 3 amide bonds. The lowest BCUT2D eigenvalue weighted by atomic mass is 9.98. The molecule has 2 fully saturated rings. The van der Waals surface area contributed by atoms with E-state index >= 15 is 0 Å². The molecule has 0 bridgehead atoms. The van der Waals surface area contributed by atoms with Gasteiger partial charge in [0.25, 0.3) is 0 Å². The lowest BCUT2D eigenvalue weighted by molar-refractivity contribution is -0.122. The fourth-order valence-corrected chi connectivity index (χ4v) is 7.44. The van der Waals surface area contributed by atoms with Crippen LogP contribution in [0.25, 0.3) is 0 Å². The van der Waals surface area contributed by atoms with Crippen LogP contribution >= 0.6 is 11.8 Å². The largest absolute Gasteiger partial charge is 0.457 e. The van der Waals surface area contributed by atoms with Crippen molar-refractivity contribution >= 4 is 35.1 Å². The second-order valence-corrected chi connectivity index (χ2v) is 12.5. The predicted molar refractivity (Wildman–Crippen MR) is 156 cm³/mol. The highest BCUT2D eigenvalue weighted by Crippen LogP contribution is 2.51. The normalized spacial score (nSPS) is 23.9. The summed E-state index contributed by atoms with van der Waals surface area (Å²) in [5, 5.41) is 6.71. The summed E-state index contributed by atoms with van der Waals surface area (Å²) < 4.78 is 6.31. The van der Waals surface area contributed by atoms with E-state index in [0.29, 0.717) is 5.92 Å². The number of pyridine rings is 1. The van der Waals surface area contributed by atoms with Crippen molar-refractivity contribution in [3.8, 4) is 11.5 Å². The van der Waals surface area contributed by atoms with Crippen LogP contribution in [0.4, 0.5) is 16.2 Å². The second-order valence-electron chi connectivity index (χ2n) is 11.3. The van der Waals surface area contributed by atoms with Crippen molar-refractivity contribution in [2.75, 3.05) is 25.0 Å². The van der Waals surface area contributed by atoms with E-state index in [9.17, 15) is 9.59 Å². The maximum Gasteiger partial charge on any atom is 0.327 e. The van der Waals surface area contributed by atoms with Gasteiger partial charge in [-0.25, -0.2) is 9.78 Å². The molecule has 4 aliphatic rings. The SMILES string of the molecule is Cc1cc(Oc2ccccc2C2CC2)ccc1N1C(=O)NC2c3c1ccnc3S[C@H]2C(=O)NC1CCCN(C)C1. The predicted octanol–water partition coefficient (Wildman–Crippen LogP) is 5.65. The van der Waals surface area contributed by atoms with Crippen LogP contribution in [0.1, 0.15) is 54.3 Å². The quantitative estimate of drug-likeness (QED) is 0.409. The molecule has 8 nitrogen and oxygen atoms in total. The fraction of sp³-hybridized carbons (Fsp3) is 0.387. The van der Waals surface area contributed by atoms with Crippen LogP contribution in [0.2, 0.25) is 0 Å². The lowest BCUT2D eigenvalue weighted by Gasteiger charge is -2.35. The number of hydrogen-bond donors (Lipinski definition) is 2. The molecule has 9 heteroatoms. The number of anilines is 2.